The summed E-state index contributed by atoms with van der Waals surface area (Å²) in [5, 5.41) is 12.7. The van der Waals surface area contributed by atoms with Gasteiger partial charge in [0.15, 0.2) is 0 Å². The lowest BCUT2D eigenvalue weighted by molar-refractivity contribution is -0.117. The van der Waals surface area contributed by atoms with Gasteiger partial charge in [-0.25, -0.2) is 0 Å². The highest BCUT2D eigenvalue weighted by atomic mass is 32.2. The summed E-state index contributed by atoms with van der Waals surface area (Å²) in [5.41, 5.74) is 0.695. The van der Waals surface area contributed by atoms with E-state index in [2.05, 4.69) is 5.32 Å². The molecule has 14 heavy (non-hydrogen) atoms. The zero-order valence-electron chi connectivity index (χ0n) is 8.59. The molecule has 1 rings (SSSR count). The lowest BCUT2D eigenvalue weighted by atomic mass is 10.3. The minimum absolute atomic E-state index is 0.00361. The van der Waals surface area contributed by atoms with Gasteiger partial charge < -0.3 is 5.32 Å². The second-order valence-corrected chi connectivity index (χ2v) is 4.41. The molecule has 0 unspecified atom stereocenters. The number of hydrogen-bond donors (Lipinski definition) is 2. The molecular formula is C10H16N2OS. The van der Waals surface area contributed by atoms with Gasteiger partial charge in [0.05, 0.1) is 5.04 Å². The van der Waals surface area contributed by atoms with Gasteiger partial charge in [-0.2, -0.15) is 0 Å². The van der Waals surface area contributed by atoms with Crippen molar-refractivity contribution in [1.82, 2.24) is 5.32 Å². The Hall–Kier alpha value is -0.770. The molecule has 4 heteroatoms. The van der Waals surface area contributed by atoms with E-state index in [-0.39, 0.29) is 5.91 Å². The molecule has 0 bridgehead atoms. The summed E-state index contributed by atoms with van der Waals surface area (Å²) in [4.78, 5) is 11.4. The first kappa shape index (κ1) is 11.3. The molecule has 78 valence electrons. The summed E-state index contributed by atoms with van der Waals surface area (Å²) < 4.78 is 0. The van der Waals surface area contributed by atoms with E-state index in [4.69, 9.17) is 5.41 Å². The zero-order valence-corrected chi connectivity index (χ0v) is 9.41. The van der Waals surface area contributed by atoms with Crippen LogP contribution in [0.2, 0.25) is 0 Å². The van der Waals surface area contributed by atoms with Gasteiger partial charge in [-0.15, -0.1) is 0 Å². The number of thioether (sulfide) groups is 1. The van der Waals surface area contributed by atoms with Crippen molar-refractivity contribution >= 4 is 22.7 Å². The maximum Gasteiger partial charge on any atom is 0.247 e. The van der Waals surface area contributed by atoms with Crippen LogP contribution in [0.25, 0.3) is 0 Å². The summed E-state index contributed by atoms with van der Waals surface area (Å²) in [6.45, 7) is 3.72. The molecule has 0 atom stereocenters. The van der Waals surface area contributed by atoms with E-state index in [1.165, 1.54) is 11.8 Å². The summed E-state index contributed by atoms with van der Waals surface area (Å²) in [5.74, 6) is 0.00361. The van der Waals surface area contributed by atoms with Gasteiger partial charge in [0.1, 0.15) is 0 Å². The zero-order chi connectivity index (χ0) is 10.6. The fourth-order valence-electron chi connectivity index (χ4n) is 0.823. The number of amides is 1. The third-order valence-electron chi connectivity index (χ3n) is 1.97. The van der Waals surface area contributed by atoms with E-state index >= 15 is 0 Å². The van der Waals surface area contributed by atoms with Gasteiger partial charge in [-0.1, -0.05) is 18.7 Å². The van der Waals surface area contributed by atoms with Crippen molar-refractivity contribution < 1.29 is 4.79 Å². The Morgan fingerprint density at radius 3 is 2.79 bits per heavy atom. The minimum Gasteiger partial charge on any atom is -0.350 e. The molecule has 2 N–H and O–H groups in total. The predicted molar refractivity (Wildman–Crippen MR) is 60.5 cm³/mol. The third-order valence-corrected chi connectivity index (χ3v) is 3.01. The standard InChI is InChI=1S/C10H16N2OS/c1-3-9(11)14-6-7(2)10(13)12-8-4-5-8/h6,8,11H,3-5H2,1-2H3,(H,12,13)/b7-6+,11-9?. The van der Waals surface area contributed by atoms with Crippen molar-refractivity contribution in [1.29, 1.82) is 5.41 Å². The number of rotatable bonds is 4. The topological polar surface area (TPSA) is 53.0 Å². The first-order valence-corrected chi connectivity index (χ1v) is 5.73. The highest BCUT2D eigenvalue weighted by Crippen LogP contribution is 2.19. The molecule has 0 aliphatic heterocycles. The van der Waals surface area contributed by atoms with E-state index in [0.717, 1.165) is 19.3 Å². The Labute approximate surface area is 88.8 Å². The molecule has 0 spiro atoms. The molecule has 0 aromatic carbocycles. The van der Waals surface area contributed by atoms with Crippen LogP contribution in [0.5, 0.6) is 0 Å². The predicted octanol–water partition coefficient (Wildman–Crippen LogP) is 2.29. The van der Waals surface area contributed by atoms with Gasteiger partial charge in [-0.3, -0.25) is 10.2 Å². The molecule has 0 radical (unpaired) electrons. The monoisotopic (exact) mass is 212 g/mol. The van der Waals surface area contributed by atoms with Crippen LogP contribution < -0.4 is 5.32 Å². The highest BCUT2D eigenvalue weighted by molar-refractivity contribution is 8.16. The molecule has 1 saturated carbocycles. The number of nitrogens with one attached hydrogen (secondary N) is 2. The molecule has 1 fully saturated rings. The van der Waals surface area contributed by atoms with E-state index in [9.17, 15) is 4.79 Å². The maximum absolute atomic E-state index is 11.4. The molecule has 1 aliphatic carbocycles. The summed E-state index contributed by atoms with van der Waals surface area (Å²) >= 11 is 1.32. The van der Waals surface area contributed by atoms with Crippen molar-refractivity contribution in [3.05, 3.63) is 11.0 Å². The minimum atomic E-state index is 0.00361. The quantitative estimate of drug-likeness (QED) is 0.427. The molecular weight excluding hydrogens is 196 g/mol. The Bertz CT molecular complexity index is 269. The summed E-state index contributed by atoms with van der Waals surface area (Å²) in [6, 6.07) is 0.404. The van der Waals surface area contributed by atoms with Crippen molar-refractivity contribution in [2.75, 3.05) is 0 Å². The lowest BCUT2D eigenvalue weighted by Gasteiger charge is -2.02. The largest absolute Gasteiger partial charge is 0.350 e. The van der Waals surface area contributed by atoms with Gasteiger partial charge >= 0.3 is 0 Å². The van der Waals surface area contributed by atoms with Gasteiger partial charge in [-0.05, 0) is 31.6 Å². The molecule has 0 aromatic rings. The van der Waals surface area contributed by atoms with Crippen LogP contribution in [-0.4, -0.2) is 17.0 Å². The Kier molecular flexibility index (Phi) is 4.20. The average molecular weight is 212 g/mol. The van der Waals surface area contributed by atoms with E-state index in [1.807, 2.05) is 6.92 Å². The van der Waals surface area contributed by atoms with Crippen LogP contribution in [0.3, 0.4) is 0 Å². The molecule has 0 heterocycles. The van der Waals surface area contributed by atoms with E-state index in [1.54, 1.807) is 12.3 Å². The summed E-state index contributed by atoms with van der Waals surface area (Å²) in [7, 11) is 0. The van der Waals surface area contributed by atoms with Crippen LogP contribution in [-0.2, 0) is 4.79 Å². The van der Waals surface area contributed by atoms with Crippen LogP contribution >= 0.6 is 11.8 Å². The summed E-state index contributed by atoms with van der Waals surface area (Å²) in [6.07, 6.45) is 2.94. The Morgan fingerprint density at radius 1 is 1.64 bits per heavy atom. The number of hydrogen-bond acceptors (Lipinski definition) is 3. The average Bonchev–Trinajstić information content (AvgIpc) is 2.97. The lowest BCUT2D eigenvalue weighted by Crippen LogP contribution is -2.25. The first-order valence-electron chi connectivity index (χ1n) is 4.85. The normalized spacial score (nSPS) is 16.6. The van der Waals surface area contributed by atoms with Crippen molar-refractivity contribution in [2.24, 2.45) is 0 Å². The smallest absolute Gasteiger partial charge is 0.247 e. The number of carbonyl (C=O) groups excluding carboxylic acids is 1. The van der Waals surface area contributed by atoms with Crippen molar-refractivity contribution in [3.8, 4) is 0 Å². The maximum atomic E-state index is 11.4. The fraction of sp³-hybridized carbons (Fsp3) is 0.600. The first-order chi connectivity index (χ1) is 6.63. The highest BCUT2D eigenvalue weighted by Gasteiger charge is 2.23. The van der Waals surface area contributed by atoms with E-state index in [0.29, 0.717) is 16.7 Å². The third kappa shape index (κ3) is 3.96. The molecule has 3 nitrogen and oxygen atoms in total. The Balaban J connectivity index is 2.33. The molecule has 1 aliphatic rings. The molecule has 1 amide bonds. The van der Waals surface area contributed by atoms with Crippen LogP contribution in [0.1, 0.15) is 33.1 Å². The SMILES string of the molecule is CCC(=N)S/C=C(\C)C(=O)NC1CC1. The van der Waals surface area contributed by atoms with Gasteiger partial charge in [0.2, 0.25) is 5.91 Å². The van der Waals surface area contributed by atoms with E-state index < -0.39 is 0 Å². The van der Waals surface area contributed by atoms with Gasteiger partial charge in [0, 0.05) is 11.6 Å². The fourth-order valence-corrected chi connectivity index (χ4v) is 1.42. The van der Waals surface area contributed by atoms with Crippen LogP contribution in [0.15, 0.2) is 11.0 Å². The molecule has 0 aromatic heterocycles. The number of carbonyl (C=O) groups is 1. The van der Waals surface area contributed by atoms with Crippen LogP contribution in [0.4, 0.5) is 0 Å². The van der Waals surface area contributed by atoms with Gasteiger partial charge in [0.25, 0.3) is 0 Å². The second-order valence-electron chi connectivity index (χ2n) is 3.44. The van der Waals surface area contributed by atoms with Crippen molar-refractivity contribution in [2.45, 2.75) is 39.2 Å². The van der Waals surface area contributed by atoms with Crippen molar-refractivity contribution in [3.63, 3.8) is 0 Å². The second kappa shape index (κ2) is 5.20. The molecule has 0 saturated heterocycles. The van der Waals surface area contributed by atoms with Crippen LogP contribution in [0, 0.1) is 5.41 Å². The Morgan fingerprint density at radius 2 is 2.29 bits per heavy atom.